The molecule has 0 spiro atoms. The number of hydrogen-bond acceptors (Lipinski definition) is 4. The molecule has 0 amide bonds. The first-order valence-corrected chi connectivity index (χ1v) is 6.60. The van der Waals surface area contributed by atoms with E-state index in [0.717, 1.165) is 33.8 Å². The Labute approximate surface area is 107 Å². The van der Waals surface area contributed by atoms with E-state index >= 15 is 0 Å². The van der Waals surface area contributed by atoms with Crippen LogP contribution in [0, 0.1) is 0 Å². The van der Waals surface area contributed by atoms with Gasteiger partial charge in [-0.25, -0.2) is 4.98 Å². The number of nitrogen functional groups attached to an aromatic ring is 1. The zero-order valence-corrected chi connectivity index (χ0v) is 11.0. The van der Waals surface area contributed by atoms with Crippen LogP contribution in [0.15, 0.2) is 34.2 Å². The van der Waals surface area contributed by atoms with E-state index < -0.39 is 0 Å². The van der Waals surface area contributed by atoms with E-state index in [-0.39, 0.29) is 0 Å². The van der Waals surface area contributed by atoms with Gasteiger partial charge in [-0.3, -0.25) is 0 Å². The van der Waals surface area contributed by atoms with E-state index in [1.807, 2.05) is 29.8 Å². The van der Waals surface area contributed by atoms with Gasteiger partial charge in [-0.05, 0) is 34.1 Å². The molecule has 0 aliphatic rings. The number of rotatable bonds is 4. The Morgan fingerprint density at radius 3 is 3.00 bits per heavy atom. The molecular weight excluding hydrogens is 286 g/mol. The van der Waals surface area contributed by atoms with Crippen molar-refractivity contribution in [2.24, 2.45) is 0 Å². The molecule has 0 bridgehead atoms. The molecule has 0 aliphatic heterocycles. The van der Waals surface area contributed by atoms with Crippen molar-refractivity contribution in [1.82, 2.24) is 4.98 Å². The molecule has 1 aromatic carbocycles. The van der Waals surface area contributed by atoms with Crippen LogP contribution in [0.1, 0.15) is 5.01 Å². The summed E-state index contributed by atoms with van der Waals surface area (Å²) < 4.78 is 0.992. The van der Waals surface area contributed by atoms with Crippen LogP contribution in [0.5, 0.6) is 0 Å². The number of thiazole rings is 1. The first-order valence-electron chi connectivity index (χ1n) is 4.93. The predicted octanol–water partition coefficient (Wildman–Crippen LogP) is 3.14. The summed E-state index contributed by atoms with van der Waals surface area (Å²) in [4.78, 5) is 4.23. The average molecular weight is 298 g/mol. The summed E-state index contributed by atoms with van der Waals surface area (Å²) >= 11 is 5.15. The fraction of sp³-hybridized carbons (Fsp3) is 0.182. The van der Waals surface area contributed by atoms with Crippen molar-refractivity contribution >= 4 is 38.6 Å². The van der Waals surface area contributed by atoms with E-state index in [4.69, 9.17) is 5.73 Å². The lowest BCUT2D eigenvalue weighted by Gasteiger charge is -2.08. The highest BCUT2D eigenvalue weighted by Gasteiger charge is 2.00. The van der Waals surface area contributed by atoms with Gasteiger partial charge in [0.05, 0.1) is 5.01 Å². The quantitative estimate of drug-likeness (QED) is 0.853. The molecule has 2 aromatic rings. The lowest BCUT2D eigenvalue weighted by atomic mass is 10.3. The first kappa shape index (κ1) is 11.4. The van der Waals surface area contributed by atoms with Crippen LogP contribution in [0.2, 0.25) is 0 Å². The third kappa shape index (κ3) is 2.96. The van der Waals surface area contributed by atoms with E-state index in [1.54, 1.807) is 11.3 Å². The number of anilines is 2. The molecule has 3 N–H and O–H groups in total. The Morgan fingerprint density at radius 2 is 2.31 bits per heavy atom. The summed E-state index contributed by atoms with van der Waals surface area (Å²) in [5.74, 6) is 0. The zero-order chi connectivity index (χ0) is 11.4. The van der Waals surface area contributed by atoms with Crippen molar-refractivity contribution in [2.75, 3.05) is 17.6 Å². The molecule has 0 radical (unpaired) electrons. The Bertz CT molecular complexity index is 456. The fourth-order valence-electron chi connectivity index (χ4n) is 1.36. The van der Waals surface area contributed by atoms with Crippen molar-refractivity contribution in [3.63, 3.8) is 0 Å². The maximum absolute atomic E-state index is 5.67. The average Bonchev–Trinajstić information content (AvgIpc) is 2.74. The molecular formula is C11H12BrN3S. The highest BCUT2D eigenvalue weighted by molar-refractivity contribution is 9.10. The molecule has 0 unspecified atom stereocenters. The summed E-state index contributed by atoms with van der Waals surface area (Å²) in [6, 6.07) is 5.75. The van der Waals surface area contributed by atoms with Gasteiger partial charge in [0, 0.05) is 40.4 Å². The Hall–Kier alpha value is -1.07. The molecule has 1 heterocycles. The van der Waals surface area contributed by atoms with E-state index in [2.05, 4.69) is 26.2 Å². The number of nitrogens with zero attached hydrogens (tertiary/aromatic N) is 1. The smallest absolute Gasteiger partial charge is 0.0942 e. The topological polar surface area (TPSA) is 50.9 Å². The Morgan fingerprint density at radius 1 is 1.44 bits per heavy atom. The fourth-order valence-corrected chi connectivity index (χ4v) is 2.51. The van der Waals surface area contributed by atoms with Gasteiger partial charge in [-0.2, -0.15) is 0 Å². The summed E-state index contributed by atoms with van der Waals surface area (Å²) in [6.45, 7) is 0.871. The van der Waals surface area contributed by atoms with Gasteiger partial charge in [-0.1, -0.05) is 0 Å². The van der Waals surface area contributed by atoms with Crippen LogP contribution < -0.4 is 11.1 Å². The molecule has 0 fully saturated rings. The highest BCUT2D eigenvalue weighted by atomic mass is 79.9. The molecule has 1 aromatic heterocycles. The van der Waals surface area contributed by atoms with Gasteiger partial charge in [0.1, 0.15) is 0 Å². The lowest BCUT2D eigenvalue weighted by Crippen LogP contribution is -2.05. The van der Waals surface area contributed by atoms with Crippen LogP contribution in [0.4, 0.5) is 11.4 Å². The second kappa shape index (κ2) is 5.32. The van der Waals surface area contributed by atoms with Gasteiger partial charge in [0.15, 0.2) is 0 Å². The predicted molar refractivity (Wildman–Crippen MR) is 72.9 cm³/mol. The minimum atomic E-state index is 0.761. The third-order valence-corrected chi connectivity index (χ3v) is 3.63. The van der Waals surface area contributed by atoms with Crippen LogP contribution in [-0.4, -0.2) is 11.5 Å². The standard InChI is InChI=1S/C11H12BrN3S/c12-9-7-8(13)1-2-10(9)14-4-3-11-15-5-6-16-11/h1-2,5-7,14H,3-4,13H2. The molecule has 0 aliphatic carbocycles. The van der Waals surface area contributed by atoms with Gasteiger partial charge in [0.2, 0.25) is 0 Å². The number of halogens is 1. The summed E-state index contributed by atoms with van der Waals surface area (Å²) in [5.41, 5.74) is 7.49. The lowest BCUT2D eigenvalue weighted by molar-refractivity contribution is 0.997. The number of nitrogens with one attached hydrogen (secondary N) is 1. The normalized spacial score (nSPS) is 10.3. The van der Waals surface area contributed by atoms with Crippen molar-refractivity contribution in [3.05, 3.63) is 39.3 Å². The first-order chi connectivity index (χ1) is 7.75. The van der Waals surface area contributed by atoms with E-state index in [0.29, 0.717) is 0 Å². The van der Waals surface area contributed by atoms with Crippen LogP contribution in [-0.2, 0) is 6.42 Å². The van der Waals surface area contributed by atoms with Gasteiger partial charge in [-0.15, -0.1) is 11.3 Å². The Kier molecular flexibility index (Phi) is 3.79. The van der Waals surface area contributed by atoms with Gasteiger partial charge >= 0.3 is 0 Å². The van der Waals surface area contributed by atoms with Gasteiger partial charge in [0.25, 0.3) is 0 Å². The number of nitrogens with two attached hydrogens (primary N) is 1. The summed E-state index contributed by atoms with van der Waals surface area (Å²) in [5, 5.41) is 6.49. The maximum atomic E-state index is 5.67. The number of aromatic nitrogens is 1. The summed E-state index contributed by atoms with van der Waals surface area (Å²) in [7, 11) is 0. The minimum Gasteiger partial charge on any atom is -0.399 e. The summed E-state index contributed by atoms with van der Waals surface area (Å²) in [6.07, 6.45) is 2.77. The molecule has 84 valence electrons. The largest absolute Gasteiger partial charge is 0.399 e. The third-order valence-electron chi connectivity index (χ3n) is 2.13. The van der Waals surface area contributed by atoms with Crippen molar-refractivity contribution < 1.29 is 0 Å². The van der Waals surface area contributed by atoms with Crippen LogP contribution in [0.25, 0.3) is 0 Å². The SMILES string of the molecule is Nc1ccc(NCCc2nccs2)c(Br)c1. The molecule has 0 saturated heterocycles. The minimum absolute atomic E-state index is 0.761. The van der Waals surface area contributed by atoms with Crippen LogP contribution in [0.3, 0.4) is 0 Å². The number of benzene rings is 1. The molecule has 5 heteroatoms. The second-order valence-electron chi connectivity index (χ2n) is 3.34. The van der Waals surface area contributed by atoms with Crippen molar-refractivity contribution in [2.45, 2.75) is 6.42 Å². The molecule has 0 saturated carbocycles. The Balaban J connectivity index is 1.90. The zero-order valence-electron chi connectivity index (χ0n) is 8.61. The monoisotopic (exact) mass is 297 g/mol. The molecule has 0 atom stereocenters. The second-order valence-corrected chi connectivity index (χ2v) is 5.18. The number of hydrogen-bond donors (Lipinski definition) is 2. The van der Waals surface area contributed by atoms with Crippen molar-refractivity contribution in [3.8, 4) is 0 Å². The van der Waals surface area contributed by atoms with E-state index in [9.17, 15) is 0 Å². The van der Waals surface area contributed by atoms with Crippen LogP contribution >= 0.6 is 27.3 Å². The molecule has 2 rings (SSSR count). The van der Waals surface area contributed by atoms with E-state index in [1.165, 1.54) is 0 Å². The molecule has 16 heavy (non-hydrogen) atoms. The maximum Gasteiger partial charge on any atom is 0.0942 e. The highest BCUT2D eigenvalue weighted by Crippen LogP contribution is 2.24. The molecule has 3 nitrogen and oxygen atoms in total. The van der Waals surface area contributed by atoms with Crippen molar-refractivity contribution in [1.29, 1.82) is 0 Å². The van der Waals surface area contributed by atoms with Gasteiger partial charge < -0.3 is 11.1 Å².